The third-order valence-electron chi connectivity index (χ3n) is 4.62. The molecule has 0 aliphatic carbocycles. The van der Waals surface area contributed by atoms with Crippen molar-refractivity contribution >= 4 is 12.0 Å². The minimum Gasteiger partial charge on any atom is -0.497 e. The lowest BCUT2D eigenvalue weighted by molar-refractivity contribution is -0.138. The largest absolute Gasteiger partial charge is 0.497 e. The van der Waals surface area contributed by atoms with Crippen molar-refractivity contribution in [3.63, 3.8) is 0 Å². The molecular weight excluding hydrogens is 421 g/mol. The molecule has 0 radical (unpaired) electrons. The van der Waals surface area contributed by atoms with E-state index in [0.29, 0.717) is 22.6 Å². The lowest BCUT2D eigenvalue weighted by Crippen LogP contribution is -2.03. The Morgan fingerprint density at radius 3 is 2.34 bits per heavy atom. The van der Waals surface area contributed by atoms with Crippen molar-refractivity contribution < 1.29 is 32.5 Å². The van der Waals surface area contributed by atoms with Crippen molar-refractivity contribution in [3.05, 3.63) is 89.5 Å². The van der Waals surface area contributed by atoms with Gasteiger partial charge in [0.1, 0.15) is 18.1 Å². The molecule has 1 N–H and O–H groups in total. The number of halogens is 3. The minimum atomic E-state index is -4.35. The Labute approximate surface area is 183 Å². The van der Waals surface area contributed by atoms with Crippen molar-refractivity contribution in [2.75, 3.05) is 13.7 Å². The van der Waals surface area contributed by atoms with Crippen LogP contribution in [0.25, 0.3) is 17.2 Å². The van der Waals surface area contributed by atoms with Gasteiger partial charge < -0.3 is 14.6 Å². The third-order valence-corrected chi connectivity index (χ3v) is 4.62. The van der Waals surface area contributed by atoms with Gasteiger partial charge in [0.15, 0.2) is 0 Å². The van der Waals surface area contributed by atoms with Gasteiger partial charge in [-0.1, -0.05) is 36.4 Å². The summed E-state index contributed by atoms with van der Waals surface area (Å²) in [6.07, 6.45) is -1.07. The van der Waals surface area contributed by atoms with E-state index in [0.717, 1.165) is 23.3 Å². The van der Waals surface area contributed by atoms with Gasteiger partial charge in [-0.15, -0.1) is 0 Å². The molecule has 32 heavy (non-hydrogen) atoms. The van der Waals surface area contributed by atoms with Crippen LogP contribution in [0, 0.1) is 0 Å². The molecule has 3 rings (SSSR count). The Morgan fingerprint density at radius 2 is 1.69 bits per heavy atom. The first-order valence-electron chi connectivity index (χ1n) is 9.71. The summed E-state index contributed by atoms with van der Waals surface area (Å²) in [6.45, 7) is 0.229. The molecule has 7 heteroatoms. The quantitative estimate of drug-likeness (QED) is 0.458. The number of carboxylic acid groups (broad SMARTS) is 1. The van der Waals surface area contributed by atoms with Gasteiger partial charge in [0.25, 0.3) is 0 Å². The summed E-state index contributed by atoms with van der Waals surface area (Å²) >= 11 is 0. The lowest BCUT2D eigenvalue weighted by atomic mass is 10.0. The maximum Gasteiger partial charge on any atom is 0.416 e. The van der Waals surface area contributed by atoms with Gasteiger partial charge in [0.05, 0.1) is 19.1 Å². The predicted molar refractivity (Wildman–Crippen MR) is 116 cm³/mol. The fourth-order valence-electron chi connectivity index (χ4n) is 3.10. The number of alkyl halides is 3. The van der Waals surface area contributed by atoms with Gasteiger partial charge >= 0.3 is 12.1 Å². The van der Waals surface area contributed by atoms with Crippen LogP contribution in [0.4, 0.5) is 13.2 Å². The van der Waals surface area contributed by atoms with Crippen molar-refractivity contribution in [3.8, 4) is 22.6 Å². The number of methoxy groups -OCH3 is 1. The van der Waals surface area contributed by atoms with E-state index in [4.69, 9.17) is 14.6 Å². The van der Waals surface area contributed by atoms with Crippen LogP contribution < -0.4 is 9.47 Å². The average Bonchev–Trinajstić information content (AvgIpc) is 2.76. The summed E-state index contributed by atoms with van der Waals surface area (Å²) in [6, 6.07) is 17.5. The fraction of sp³-hybridized carbons (Fsp3) is 0.160. The highest BCUT2D eigenvalue weighted by Gasteiger charge is 2.29. The molecule has 0 spiro atoms. The van der Waals surface area contributed by atoms with Crippen LogP contribution in [0.2, 0.25) is 0 Å². The van der Waals surface area contributed by atoms with Crippen molar-refractivity contribution in [1.29, 1.82) is 0 Å². The molecule has 0 unspecified atom stereocenters. The highest BCUT2D eigenvalue weighted by atomic mass is 19.4. The van der Waals surface area contributed by atoms with Gasteiger partial charge in [0.2, 0.25) is 0 Å². The number of hydrogen-bond acceptors (Lipinski definition) is 3. The maximum atomic E-state index is 12.6. The summed E-state index contributed by atoms with van der Waals surface area (Å²) in [7, 11) is 1.52. The zero-order valence-corrected chi connectivity index (χ0v) is 17.2. The zero-order valence-electron chi connectivity index (χ0n) is 17.2. The van der Waals surface area contributed by atoms with Crippen LogP contribution in [0.1, 0.15) is 16.7 Å². The van der Waals surface area contributed by atoms with Crippen LogP contribution in [0.15, 0.2) is 72.8 Å². The van der Waals surface area contributed by atoms with E-state index >= 15 is 0 Å². The number of rotatable bonds is 8. The predicted octanol–water partition coefficient (Wildman–Crippen LogP) is 6.10. The molecule has 0 aliphatic rings. The smallest absolute Gasteiger partial charge is 0.416 e. The van der Waals surface area contributed by atoms with Crippen LogP contribution in [-0.2, 0) is 17.4 Å². The molecule has 0 aromatic heterocycles. The molecule has 0 saturated heterocycles. The van der Waals surface area contributed by atoms with Gasteiger partial charge in [-0.3, -0.25) is 4.79 Å². The first-order valence-corrected chi connectivity index (χ1v) is 9.71. The van der Waals surface area contributed by atoms with E-state index in [-0.39, 0.29) is 13.0 Å². The minimum absolute atomic E-state index is 0.116. The van der Waals surface area contributed by atoms with Crippen molar-refractivity contribution in [2.45, 2.75) is 12.6 Å². The first kappa shape index (κ1) is 22.9. The van der Waals surface area contributed by atoms with Gasteiger partial charge in [0, 0.05) is 0 Å². The summed E-state index contributed by atoms with van der Waals surface area (Å²) in [4.78, 5) is 11.1. The molecule has 4 nitrogen and oxygen atoms in total. The summed E-state index contributed by atoms with van der Waals surface area (Å²) in [5.74, 6) is 0.229. The van der Waals surface area contributed by atoms with E-state index < -0.39 is 17.7 Å². The maximum absolute atomic E-state index is 12.6. The van der Waals surface area contributed by atoms with Gasteiger partial charge in [-0.2, -0.15) is 13.2 Å². The Bertz CT molecular complexity index is 1100. The van der Waals surface area contributed by atoms with Crippen LogP contribution in [0.3, 0.4) is 0 Å². The van der Waals surface area contributed by atoms with Crippen LogP contribution >= 0.6 is 0 Å². The van der Waals surface area contributed by atoms with Crippen molar-refractivity contribution in [1.82, 2.24) is 0 Å². The molecule has 166 valence electrons. The number of hydrogen-bond donors (Lipinski definition) is 1. The van der Waals surface area contributed by atoms with E-state index in [1.165, 1.54) is 19.2 Å². The highest BCUT2D eigenvalue weighted by Crippen LogP contribution is 2.30. The van der Waals surface area contributed by atoms with Gasteiger partial charge in [-0.25, -0.2) is 0 Å². The fourth-order valence-corrected chi connectivity index (χ4v) is 3.10. The zero-order chi connectivity index (χ0) is 23.1. The third kappa shape index (κ3) is 6.38. The second-order valence-electron chi connectivity index (χ2n) is 7.00. The summed E-state index contributed by atoms with van der Waals surface area (Å²) in [5.41, 5.74) is 2.20. The topological polar surface area (TPSA) is 55.8 Å². The number of carbonyl (C=O) groups is 1. The summed E-state index contributed by atoms with van der Waals surface area (Å²) < 4.78 is 48.9. The van der Waals surface area contributed by atoms with E-state index in [2.05, 4.69) is 0 Å². The molecule has 0 bridgehead atoms. The molecule has 3 aromatic rings. The first-order chi connectivity index (χ1) is 15.2. The second kappa shape index (κ2) is 10.0. The van der Waals surface area contributed by atoms with E-state index in [1.807, 2.05) is 24.3 Å². The number of benzene rings is 3. The Hall–Kier alpha value is -3.74. The molecule has 0 amide bonds. The highest BCUT2D eigenvalue weighted by molar-refractivity contribution is 5.73. The molecule has 0 atom stereocenters. The van der Waals surface area contributed by atoms with Crippen molar-refractivity contribution in [2.24, 2.45) is 0 Å². The molecule has 0 heterocycles. The Morgan fingerprint density at radius 1 is 0.969 bits per heavy atom. The normalized spacial score (nSPS) is 11.5. The van der Waals surface area contributed by atoms with E-state index in [9.17, 15) is 18.0 Å². The van der Waals surface area contributed by atoms with Crippen LogP contribution in [0.5, 0.6) is 11.5 Å². The monoisotopic (exact) mass is 442 g/mol. The van der Waals surface area contributed by atoms with Crippen LogP contribution in [-0.4, -0.2) is 24.8 Å². The number of aliphatic carboxylic acids is 1. The molecule has 0 aliphatic heterocycles. The number of ether oxygens (including phenoxy) is 2. The lowest BCUT2D eigenvalue weighted by Gasteiger charge is -2.10. The SMILES string of the molecule is COc1cc(CC(=O)O)cc(-c2cccc(OC/C=C/c3ccc(C(F)(F)F)cc3)c2)c1. The second-order valence-corrected chi connectivity index (χ2v) is 7.00. The molecule has 3 aromatic carbocycles. The van der Waals surface area contributed by atoms with Gasteiger partial charge in [-0.05, 0) is 64.7 Å². The molecule has 0 saturated carbocycles. The van der Waals surface area contributed by atoms with E-state index in [1.54, 1.807) is 30.4 Å². The average molecular weight is 442 g/mol. The number of carboxylic acids is 1. The molecular formula is C25H21F3O4. The Balaban J connectivity index is 1.68. The Kier molecular flexibility index (Phi) is 7.20. The molecule has 0 fully saturated rings. The summed E-state index contributed by atoms with van der Waals surface area (Å²) in [5, 5.41) is 9.07. The standard InChI is InChI=1S/C25H21F3O4/c1-31-23-13-18(14-24(29)30)12-20(16-23)19-5-2-6-22(15-19)32-11-3-4-17-7-9-21(10-8-17)25(26,27)28/h2-10,12-13,15-16H,11,14H2,1H3,(H,29,30)/b4-3+.